The van der Waals surface area contributed by atoms with Crippen molar-refractivity contribution < 1.29 is 4.74 Å². The van der Waals surface area contributed by atoms with Crippen molar-refractivity contribution in [3.63, 3.8) is 0 Å². The molecule has 7 heteroatoms. The first-order chi connectivity index (χ1) is 7.75. The first-order valence-corrected chi connectivity index (χ1v) is 6.28. The van der Waals surface area contributed by atoms with Crippen LogP contribution in [0, 0.1) is 0 Å². The van der Waals surface area contributed by atoms with Crippen LogP contribution in [0.5, 0.6) is 0 Å². The second kappa shape index (κ2) is 3.87. The Morgan fingerprint density at radius 2 is 2.38 bits per heavy atom. The number of hydrogen-bond acceptors (Lipinski definition) is 5. The van der Waals surface area contributed by atoms with E-state index in [2.05, 4.69) is 15.0 Å². The quantitative estimate of drug-likeness (QED) is 0.732. The van der Waals surface area contributed by atoms with Crippen LogP contribution in [0.1, 0.15) is 13.2 Å². The van der Waals surface area contributed by atoms with Crippen molar-refractivity contribution >= 4 is 34.5 Å². The lowest BCUT2D eigenvalue weighted by molar-refractivity contribution is 0.0292. The molecule has 0 amide bonds. The first-order valence-electron chi connectivity index (χ1n) is 4.86. The van der Waals surface area contributed by atoms with E-state index in [4.69, 9.17) is 16.3 Å². The van der Waals surface area contributed by atoms with Crippen molar-refractivity contribution in [2.75, 3.05) is 5.75 Å². The van der Waals surface area contributed by atoms with E-state index in [0.29, 0.717) is 10.7 Å². The van der Waals surface area contributed by atoms with Gasteiger partial charge in [-0.3, -0.25) is 4.57 Å². The fourth-order valence-corrected chi connectivity index (χ4v) is 2.76. The number of nitrogens with zero attached hydrogens (tertiary/aromatic N) is 4. The fraction of sp³-hybridized carbons (Fsp3) is 0.444. The van der Waals surface area contributed by atoms with E-state index < -0.39 is 0 Å². The van der Waals surface area contributed by atoms with Gasteiger partial charge in [-0.1, -0.05) is 11.6 Å². The maximum Gasteiger partial charge on any atom is 0.166 e. The summed E-state index contributed by atoms with van der Waals surface area (Å²) < 4.78 is 7.64. The van der Waals surface area contributed by atoms with Crippen LogP contribution < -0.4 is 0 Å². The highest BCUT2D eigenvalue weighted by atomic mass is 35.5. The first kappa shape index (κ1) is 10.3. The normalized spacial score (nSPS) is 25.4. The zero-order valence-electron chi connectivity index (χ0n) is 8.50. The van der Waals surface area contributed by atoms with Gasteiger partial charge in [-0.25, -0.2) is 15.0 Å². The van der Waals surface area contributed by atoms with Crippen molar-refractivity contribution in [3.8, 4) is 0 Å². The molecule has 1 fully saturated rings. The number of thioether (sulfide) groups is 1. The fourth-order valence-electron chi connectivity index (χ4n) is 1.70. The molecule has 0 aromatic carbocycles. The topological polar surface area (TPSA) is 52.8 Å². The maximum atomic E-state index is 5.93. The number of halogens is 1. The Morgan fingerprint density at radius 3 is 3.12 bits per heavy atom. The summed E-state index contributed by atoms with van der Waals surface area (Å²) in [5.41, 5.74) is 1.55. The van der Waals surface area contributed by atoms with E-state index in [1.807, 2.05) is 11.5 Å². The molecular weight excluding hydrogens is 248 g/mol. The molecule has 2 aromatic rings. The summed E-state index contributed by atoms with van der Waals surface area (Å²) in [4.78, 5) is 12.3. The van der Waals surface area contributed by atoms with Gasteiger partial charge in [0.15, 0.2) is 10.8 Å². The van der Waals surface area contributed by atoms with Gasteiger partial charge in [0.05, 0.1) is 6.33 Å². The second-order valence-electron chi connectivity index (χ2n) is 3.48. The monoisotopic (exact) mass is 256 g/mol. The highest BCUT2D eigenvalue weighted by molar-refractivity contribution is 7.99. The molecular formula is C9H9ClN4OS. The van der Waals surface area contributed by atoms with Gasteiger partial charge in [-0.15, -0.1) is 11.8 Å². The van der Waals surface area contributed by atoms with Crippen LogP contribution in [0.15, 0.2) is 12.7 Å². The van der Waals surface area contributed by atoms with Gasteiger partial charge in [0.25, 0.3) is 0 Å². The van der Waals surface area contributed by atoms with Crippen LogP contribution in [0.4, 0.5) is 0 Å². The highest BCUT2D eigenvalue weighted by Gasteiger charge is 2.25. The lowest BCUT2D eigenvalue weighted by atomic mass is 10.5. The lowest BCUT2D eigenvalue weighted by Crippen LogP contribution is -2.10. The molecule has 0 radical (unpaired) electrons. The molecule has 16 heavy (non-hydrogen) atoms. The van der Waals surface area contributed by atoms with Crippen molar-refractivity contribution in [1.29, 1.82) is 0 Å². The minimum absolute atomic E-state index is 0.0176. The Kier molecular flexibility index (Phi) is 2.49. The largest absolute Gasteiger partial charge is 0.343 e. The van der Waals surface area contributed by atoms with Gasteiger partial charge in [-0.05, 0) is 6.92 Å². The maximum absolute atomic E-state index is 5.93. The number of aromatic nitrogens is 4. The SMILES string of the molecule is C[C@H]1OC(n2cnc3c(Cl)ncnc32)CS1. The smallest absolute Gasteiger partial charge is 0.166 e. The number of imidazole rings is 1. The Morgan fingerprint density at radius 1 is 1.50 bits per heavy atom. The molecule has 2 aromatic heterocycles. The predicted molar refractivity (Wildman–Crippen MR) is 62.4 cm³/mol. The third-order valence-corrected chi connectivity index (χ3v) is 3.78. The Hall–Kier alpha value is -0.850. The molecule has 3 rings (SSSR count). The zero-order valence-corrected chi connectivity index (χ0v) is 10.1. The summed E-state index contributed by atoms with van der Waals surface area (Å²) in [6.07, 6.45) is 3.12. The van der Waals surface area contributed by atoms with Crippen LogP contribution in [-0.4, -0.2) is 30.7 Å². The number of rotatable bonds is 1. The minimum atomic E-state index is -0.0176. The van der Waals surface area contributed by atoms with Crippen LogP contribution in [0.3, 0.4) is 0 Å². The van der Waals surface area contributed by atoms with Gasteiger partial charge >= 0.3 is 0 Å². The van der Waals surface area contributed by atoms with Crippen molar-refractivity contribution in [2.45, 2.75) is 18.6 Å². The van der Waals surface area contributed by atoms with Crippen molar-refractivity contribution in [3.05, 3.63) is 17.8 Å². The van der Waals surface area contributed by atoms with E-state index in [1.54, 1.807) is 18.1 Å². The molecule has 1 aliphatic rings. The molecule has 1 unspecified atom stereocenters. The number of hydrogen-bond donors (Lipinski definition) is 0. The van der Waals surface area contributed by atoms with Gasteiger partial charge in [-0.2, -0.15) is 0 Å². The molecule has 0 N–H and O–H groups in total. The van der Waals surface area contributed by atoms with E-state index in [0.717, 1.165) is 11.4 Å². The third-order valence-electron chi connectivity index (χ3n) is 2.45. The van der Waals surface area contributed by atoms with Gasteiger partial charge in [0.2, 0.25) is 0 Å². The van der Waals surface area contributed by atoms with Crippen LogP contribution in [-0.2, 0) is 4.74 Å². The van der Waals surface area contributed by atoms with Gasteiger partial charge in [0.1, 0.15) is 23.5 Å². The molecule has 84 valence electrons. The second-order valence-corrected chi connectivity index (χ2v) is 5.17. The standard InChI is InChI=1S/C9H9ClN4OS/c1-5-15-6(2-16-5)14-4-13-7-8(10)11-3-12-9(7)14/h3-6H,2H2,1H3/t5-,6?/m0/s1. The van der Waals surface area contributed by atoms with E-state index in [-0.39, 0.29) is 11.7 Å². The number of ether oxygens (including phenoxy) is 1. The van der Waals surface area contributed by atoms with Crippen LogP contribution in [0.25, 0.3) is 11.2 Å². The molecule has 2 atom stereocenters. The molecule has 0 spiro atoms. The summed E-state index contributed by atoms with van der Waals surface area (Å²) >= 11 is 7.70. The molecule has 5 nitrogen and oxygen atoms in total. The summed E-state index contributed by atoms with van der Waals surface area (Å²) in [7, 11) is 0. The summed E-state index contributed by atoms with van der Waals surface area (Å²) in [5.74, 6) is 0.897. The Bertz CT molecular complexity index is 531. The van der Waals surface area contributed by atoms with Gasteiger partial charge in [0, 0.05) is 5.75 Å². The lowest BCUT2D eigenvalue weighted by Gasteiger charge is -2.11. The minimum Gasteiger partial charge on any atom is -0.343 e. The van der Waals surface area contributed by atoms with Crippen LogP contribution >= 0.6 is 23.4 Å². The summed E-state index contributed by atoms with van der Waals surface area (Å²) in [6.45, 7) is 2.03. The van der Waals surface area contributed by atoms with Gasteiger partial charge < -0.3 is 4.74 Å². The molecule has 1 aliphatic heterocycles. The van der Waals surface area contributed by atoms with E-state index in [1.165, 1.54) is 6.33 Å². The van der Waals surface area contributed by atoms with E-state index >= 15 is 0 Å². The van der Waals surface area contributed by atoms with Crippen LogP contribution in [0.2, 0.25) is 5.15 Å². The highest BCUT2D eigenvalue weighted by Crippen LogP contribution is 2.33. The van der Waals surface area contributed by atoms with Crippen molar-refractivity contribution in [1.82, 2.24) is 19.5 Å². The molecule has 0 saturated carbocycles. The predicted octanol–water partition coefficient (Wildman–Crippen LogP) is 2.09. The van der Waals surface area contributed by atoms with E-state index in [9.17, 15) is 0 Å². The molecule has 1 saturated heterocycles. The summed E-state index contributed by atoms with van der Waals surface area (Å²) in [6, 6.07) is 0. The number of fused-ring (bicyclic) bond motifs is 1. The summed E-state index contributed by atoms with van der Waals surface area (Å²) in [5, 5.41) is 0.377. The molecule has 0 aliphatic carbocycles. The Labute approximate surface area is 101 Å². The zero-order chi connectivity index (χ0) is 11.1. The van der Waals surface area contributed by atoms with Crippen molar-refractivity contribution in [2.24, 2.45) is 0 Å². The molecule has 3 heterocycles. The average Bonchev–Trinajstić information content (AvgIpc) is 2.84. The average molecular weight is 257 g/mol. The Balaban J connectivity index is 2.08. The molecule has 0 bridgehead atoms. The third kappa shape index (κ3) is 1.57.